The Bertz CT molecular complexity index is 959. The molecule has 2 amide bonds. The van der Waals surface area contributed by atoms with E-state index >= 15 is 0 Å². The summed E-state index contributed by atoms with van der Waals surface area (Å²) < 4.78 is 18.3. The van der Waals surface area contributed by atoms with Crippen molar-refractivity contribution in [3.05, 3.63) is 64.0 Å². The molecular weight excluding hydrogens is 407 g/mol. The molecule has 0 aromatic heterocycles. The van der Waals surface area contributed by atoms with E-state index in [-0.39, 0.29) is 36.1 Å². The topological polar surface area (TPSA) is 105 Å². The maximum absolute atomic E-state index is 12.9. The fraction of sp³-hybridized carbons (Fsp3) is 0.333. The average molecular weight is 430 g/mol. The average Bonchev–Trinajstić information content (AvgIpc) is 2.77. The molecule has 1 heterocycles. The van der Waals surface area contributed by atoms with Gasteiger partial charge in [-0.2, -0.15) is 0 Å². The monoisotopic (exact) mass is 430 g/mol. The van der Waals surface area contributed by atoms with Crippen molar-refractivity contribution >= 4 is 23.2 Å². The molecule has 0 atom stereocenters. The molecule has 1 aliphatic rings. The third-order valence-corrected chi connectivity index (χ3v) is 4.97. The highest BCUT2D eigenvalue weighted by Crippen LogP contribution is 2.30. The second-order valence-corrected chi connectivity index (χ2v) is 7.01. The Morgan fingerprint density at radius 1 is 1.13 bits per heavy atom. The molecule has 0 spiro atoms. The van der Waals surface area contributed by atoms with Gasteiger partial charge < -0.3 is 19.9 Å². The van der Waals surface area contributed by atoms with Gasteiger partial charge in [0.25, 0.3) is 11.6 Å². The van der Waals surface area contributed by atoms with E-state index in [9.17, 15) is 24.1 Å². The smallest absolute Gasteiger partial charge is 0.293 e. The lowest BCUT2D eigenvalue weighted by atomic mass is 10.1. The minimum Gasteiger partial charge on any atom is -0.492 e. The van der Waals surface area contributed by atoms with Gasteiger partial charge in [-0.3, -0.25) is 19.7 Å². The number of amides is 2. The van der Waals surface area contributed by atoms with Crippen molar-refractivity contribution in [2.75, 3.05) is 44.2 Å². The van der Waals surface area contributed by atoms with Crippen LogP contribution >= 0.6 is 0 Å². The molecule has 0 saturated carbocycles. The van der Waals surface area contributed by atoms with Gasteiger partial charge in [0.1, 0.15) is 23.9 Å². The lowest BCUT2D eigenvalue weighted by Crippen LogP contribution is -2.48. The van der Waals surface area contributed by atoms with Gasteiger partial charge in [-0.1, -0.05) is 0 Å². The van der Waals surface area contributed by atoms with Crippen LogP contribution in [0.5, 0.6) is 5.75 Å². The first kappa shape index (κ1) is 22.0. The Labute approximate surface area is 178 Å². The number of carbonyl (C=O) groups excluding carboxylic acids is 2. The number of nitro groups is 1. The molecule has 1 aliphatic heterocycles. The molecule has 10 heteroatoms. The Morgan fingerprint density at radius 3 is 2.42 bits per heavy atom. The van der Waals surface area contributed by atoms with Crippen molar-refractivity contribution in [2.24, 2.45) is 0 Å². The van der Waals surface area contributed by atoms with Crippen molar-refractivity contribution in [1.82, 2.24) is 10.2 Å². The minimum absolute atomic E-state index is 0.0235. The normalized spacial score (nSPS) is 13.6. The number of ether oxygens (including phenoxy) is 1. The van der Waals surface area contributed by atoms with E-state index in [0.717, 1.165) is 0 Å². The number of hydrogen-bond donors (Lipinski definition) is 1. The third kappa shape index (κ3) is 5.68. The van der Waals surface area contributed by atoms with Crippen molar-refractivity contribution in [3.63, 3.8) is 0 Å². The summed E-state index contributed by atoms with van der Waals surface area (Å²) in [5.41, 5.74) is 0.426. The first-order valence-electron chi connectivity index (χ1n) is 9.80. The van der Waals surface area contributed by atoms with Crippen molar-refractivity contribution < 1.29 is 23.6 Å². The van der Waals surface area contributed by atoms with E-state index in [1.807, 2.05) is 4.90 Å². The standard InChI is InChI=1S/C21H23FN4O5/c1-15(27)24-9-11-25(12-10-24)19-7-2-16(14-20(19)26(29)30)21(28)23-8-13-31-18-5-3-17(22)4-6-18/h2-7,14H,8-13H2,1H3,(H,23,28). The number of nitro benzene ring substituents is 1. The number of nitrogens with zero attached hydrogens (tertiary/aromatic N) is 3. The SMILES string of the molecule is CC(=O)N1CCN(c2ccc(C(=O)NCCOc3ccc(F)cc3)cc2[N+](=O)[O-])CC1. The lowest BCUT2D eigenvalue weighted by molar-refractivity contribution is -0.384. The number of benzene rings is 2. The quantitative estimate of drug-likeness (QED) is 0.410. The summed E-state index contributed by atoms with van der Waals surface area (Å²) >= 11 is 0. The van der Waals surface area contributed by atoms with Crippen LogP contribution < -0.4 is 15.0 Å². The van der Waals surface area contributed by atoms with Crippen LogP contribution in [0, 0.1) is 15.9 Å². The number of piperazine rings is 1. The Hall–Kier alpha value is -3.69. The predicted molar refractivity (Wildman–Crippen MR) is 112 cm³/mol. The highest BCUT2D eigenvalue weighted by atomic mass is 19.1. The first-order valence-corrected chi connectivity index (χ1v) is 9.80. The molecule has 31 heavy (non-hydrogen) atoms. The summed E-state index contributed by atoms with van der Waals surface area (Å²) in [5, 5.41) is 14.2. The zero-order valence-electron chi connectivity index (χ0n) is 17.0. The van der Waals surface area contributed by atoms with E-state index in [4.69, 9.17) is 4.74 Å². The molecular formula is C21H23FN4O5. The Morgan fingerprint density at radius 2 is 1.81 bits per heavy atom. The van der Waals surface area contributed by atoms with Crippen LogP contribution in [-0.4, -0.2) is 61.0 Å². The van der Waals surface area contributed by atoms with Gasteiger partial charge in [0.15, 0.2) is 0 Å². The van der Waals surface area contributed by atoms with Gasteiger partial charge in [0.05, 0.1) is 11.5 Å². The molecule has 0 unspecified atom stereocenters. The summed E-state index contributed by atoms with van der Waals surface area (Å²) in [6, 6.07) is 9.86. The fourth-order valence-electron chi connectivity index (χ4n) is 3.31. The number of rotatable bonds is 7. The number of nitrogens with one attached hydrogen (secondary N) is 1. The summed E-state index contributed by atoms with van der Waals surface area (Å²) in [4.78, 5) is 38.5. The molecule has 1 N–H and O–H groups in total. The molecule has 9 nitrogen and oxygen atoms in total. The molecule has 1 saturated heterocycles. The summed E-state index contributed by atoms with van der Waals surface area (Å²) in [5.74, 6) is -0.379. The number of halogens is 1. The van der Waals surface area contributed by atoms with Crippen LogP contribution in [-0.2, 0) is 4.79 Å². The van der Waals surface area contributed by atoms with E-state index in [1.165, 1.54) is 43.3 Å². The van der Waals surface area contributed by atoms with Crippen LogP contribution in [0.3, 0.4) is 0 Å². The molecule has 0 bridgehead atoms. The van der Waals surface area contributed by atoms with Crippen LogP contribution in [0.1, 0.15) is 17.3 Å². The van der Waals surface area contributed by atoms with Crippen molar-refractivity contribution in [3.8, 4) is 5.75 Å². The second-order valence-electron chi connectivity index (χ2n) is 7.01. The van der Waals surface area contributed by atoms with Gasteiger partial charge in [0.2, 0.25) is 5.91 Å². The van der Waals surface area contributed by atoms with Crippen molar-refractivity contribution in [2.45, 2.75) is 6.92 Å². The van der Waals surface area contributed by atoms with Crippen LogP contribution in [0.25, 0.3) is 0 Å². The Balaban J connectivity index is 1.59. The highest BCUT2D eigenvalue weighted by molar-refractivity contribution is 5.95. The summed E-state index contributed by atoms with van der Waals surface area (Å²) in [7, 11) is 0. The number of anilines is 1. The van der Waals surface area contributed by atoms with Gasteiger partial charge in [0, 0.05) is 44.7 Å². The highest BCUT2D eigenvalue weighted by Gasteiger charge is 2.25. The number of carbonyl (C=O) groups is 2. The molecule has 2 aromatic carbocycles. The summed E-state index contributed by atoms with van der Waals surface area (Å²) in [6.45, 7) is 3.78. The second kappa shape index (κ2) is 9.88. The number of hydrogen-bond acceptors (Lipinski definition) is 6. The van der Waals surface area contributed by atoms with E-state index in [0.29, 0.717) is 37.6 Å². The molecule has 0 aliphatic carbocycles. The fourth-order valence-corrected chi connectivity index (χ4v) is 3.31. The first-order chi connectivity index (χ1) is 14.8. The third-order valence-electron chi connectivity index (χ3n) is 4.97. The van der Waals surface area contributed by atoms with Crippen molar-refractivity contribution in [1.29, 1.82) is 0 Å². The molecule has 1 fully saturated rings. The lowest BCUT2D eigenvalue weighted by Gasteiger charge is -2.35. The van der Waals surface area contributed by atoms with Gasteiger partial charge in [-0.25, -0.2) is 4.39 Å². The van der Waals surface area contributed by atoms with Crippen LogP contribution in [0.4, 0.5) is 15.8 Å². The van der Waals surface area contributed by atoms with E-state index in [1.54, 1.807) is 11.0 Å². The predicted octanol–water partition coefficient (Wildman–Crippen LogP) is 2.21. The van der Waals surface area contributed by atoms with Gasteiger partial charge in [-0.05, 0) is 36.4 Å². The Kier molecular flexibility index (Phi) is 7.01. The molecule has 0 radical (unpaired) electrons. The molecule has 3 rings (SSSR count). The van der Waals surface area contributed by atoms with Gasteiger partial charge in [-0.15, -0.1) is 0 Å². The summed E-state index contributed by atoms with van der Waals surface area (Å²) in [6.07, 6.45) is 0. The molecule has 2 aromatic rings. The van der Waals surface area contributed by atoms with Gasteiger partial charge >= 0.3 is 0 Å². The maximum atomic E-state index is 12.9. The zero-order valence-corrected chi connectivity index (χ0v) is 17.0. The molecule has 164 valence electrons. The largest absolute Gasteiger partial charge is 0.492 e. The maximum Gasteiger partial charge on any atom is 0.293 e. The minimum atomic E-state index is -0.513. The van der Waals surface area contributed by atoms with Crippen LogP contribution in [0.15, 0.2) is 42.5 Å². The zero-order chi connectivity index (χ0) is 22.4. The van der Waals surface area contributed by atoms with E-state index < -0.39 is 10.8 Å². The van der Waals surface area contributed by atoms with E-state index in [2.05, 4.69) is 5.32 Å². The van der Waals surface area contributed by atoms with Crippen LogP contribution in [0.2, 0.25) is 0 Å².